The van der Waals surface area contributed by atoms with Crippen molar-refractivity contribution < 1.29 is 0 Å². The first kappa shape index (κ1) is 18.0. The van der Waals surface area contributed by atoms with Gasteiger partial charge in [-0.05, 0) is 37.6 Å². The van der Waals surface area contributed by atoms with Crippen molar-refractivity contribution in [1.29, 1.82) is 0 Å². The predicted molar refractivity (Wildman–Crippen MR) is 105 cm³/mol. The van der Waals surface area contributed by atoms with Crippen LogP contribution in [0.3, 0.4) is 0 Å². The summed E-state index contributed by atoms with van der Waals surface area (Å²) >= 11 is 5.93. The highest BCUT2D eigenvalue weighted by atomic mass is 35.5. The lowest BCUT2D eigenvalue weighted by Crippen LogP contribution is -2.46. The van der Waals surface area contributed by atoms with Gasteiger partial charge in [-0.3, -0.25) is 0 Å². The standard InChI is InChI=1S/C19H26ClN5/c1-3-24-10-12-25(13-11-24)18-14-15(2)22-19(23-18)21-9-8-16-4-6-17(20)7-5-16/h4-7,14H,3,8-13H2,1-2H3,(H,21,22,23). The maximum absolute atomic E-state index is 5.93. The molecule has 0 unspecified atom stereocenters. The smallest absolute Gasteiger partial charge is 0.224 e. The summed E-state index contributed by atoms with van der Waals surface area (Å²) in [6.07, 6.45) is 0.916. The maximum Gasteiger partial charge on any atom is 0.224 e. The summed E-state index contributed by atoms with van der Waals surface area (Å²) in [4.78, 5) is 14.1. The average molecular weight is 360 g/mol. The molecule has 1 aliphatic rings. The van der Waals surface area contributed by atoms with Crippen LogP contribution in [-0.4, -0.2) is 54.1 Å². The van der Waals surface area contributed by atoms with Crippen LogP contribution in [0.5, 0.6) is 0 Å². The Balaban J connectivity index is 1.58. The van der Waals surface area contributed by atoms with E-state index in [-0.39, 0.29) is 0 Å². The van der Waals surface area contributed by atoms with Gasteiger partial charge in [-0.25, -0.2) is 4.98 Å². The van der Waals surface area contributed by atoms with Crippen LogP contribution in [0.15, 0.2) is 30.3 Å². The molecular weight excluding hydrogens is 334 g/mol. The first-order chi connectivity index (χ1) is 12.1. The maximum atomic E-state index is 5.93. The molecule has 0 atom stereocenters. The lowest BCUT2D eigenvalue weighted by molar-refractivity contribution is 0.270. The van der Waals surface area contributed by atoms with E-state index in [1.807, 2.05) is 19.1 Å². The number of nitrogens with zero attached hydrogens (tertiary/aromatic N) is 4. The van der Waals surface area contributed by atoms with Crippen LogP contribution in [0.1, 0.15) is 18.2 Å². The van der Waals surface area contributed by atoms with Crippen LogP contribution >= 0.6 is 11.6 Å². The molecule has 0 amide bonds. The summed E-state index contributed by atoms with van der Waals surface area (Å²) in [6.45, 7) is 10.4. The number of hydrogen-bond donors (Lipinski definition) is 1. The zero-order valence-electron chi connectivity index (χ0n) is 15.0. The van der Waals surface area contributed by atoms with E-state index >= 15 is 0 Å². The molecule has 0 aliphatic carbocycles. The number of benzene rings is 1. The van der Waals surface area contributed by atoms with Crippen molar-refractivity contribution in [1.82, 2.24) is 14.9 Å². The fourth-order valence-electron chi connectivity index (χ4n) is 3.06. The summed E-state index contributed by atoms with van der Waals surface area (Å²) in [5.41, 5.74) is 2.25. The van der Waals surface area contributed by atoms with Crippen LogP contribution in [0.25, 0.3) is 0 Å². The van der Waals surface area contributed by atoms with E-state index in [2.05, 4.69) is 45.2 Å². The first-order valence-corrected chi connectivity index (χ1v) is 9.33. The topological polar surface area (TPSA) is 44.3 Å². The van der Waals surface area contributed by atoms with Gasteiger partial charge in [0.2, 0.25) is 5.95 Å². The zero-order chi connectivity index (χ0) is 17.6. The van der Waals surface area contributed by atoms with Crippen LogP contribution in [0.4, 0.5) is 11.8 Å². The molecule has 0 radical (unpaired) electrons. The lowest BCUT2D eigenvalue weighted by atomic mass is 10.1. The van der Waals surface area contributed by atoms with Crippen molar-refractivity contribution in [3.05, 3.63) is 46.6 Å². The molecule has 25 heavy (non-hydrogen) atoms. The minimum absolute atomic E-state index is 0.710. The third-order valence-electron chi connectivity index (χ3n) is 4.59. The Bertz CT molecular complexity index is 681. The molecule has 1 saturated heterocycles. The highest BCUT2D eigenvalue weighted by Gasteiger charge is 2.17. The summed E-state index contributed by atoms with van der Waals surface area (Å²) in [5.74, 6) is 1.74. The number of piperazine rings is 1. The number of hydrogen-bond acceptors (Lipinski definition) is 5. The van der Waals surface area contributed by atoms with Crippen LogP contribution in [0, 0.1) is 6.92 Å². The molecule has 0 bridgehead atoms. The first-order valence-electron chi connectivity index (χ1n) is 8.95. The van der Waals surface area contributed by atoms with Crippen molar-refractivity contribution in [2.75, 3.05) is 49.5 Å². The van der Waals surface area contributed by atoms with Gasteiger partial charge >= 0.3 is 0 Å². The Morgan fingerprint density at radius 3 is 2.48 bits per heavy atom. The number of aryl methyl sites for hydroxylation is 1. The van der Waals surface area contributed by atoms with Gasteiger partial charge in [0.1, 0.15) is 5.82 Å². The van der Waals surface area contributed by atoms with Gasteiger partial charge in [-0.15, -0.1) is 0 Å². The third-order valence-corrected chi connectivity index (χ3v) is 4.85. The Labute approximate surface area is 155 Å². The molecule has 1 N–H and O–H groups in total. The lowest BCUT2D eigenvalue weighted by Gasteiger charge is -2.34. The predicted octanol–water partition coefficient (Wildman–Crippen LogP) is 3.23. The minimum Gasteiger partial charge on any atom is -0.354 e. The van der Waals surface area contributed by atoms with Gasteiger partial charge in [0, 0.05) is 49.5 Å². The highest BCUT2D eigenvalue weighted by Crippen LogP contribution is 2.17. The summed E-state index contributed by atoms with van der Waals surface area (Å²) in [7, 11) is 0. The van der Waals surface area contributed by atoms with Gasteiger partial charge in [0.15, 0.2) is 0 Å². The van der Waals surface area contributed by atoms with Gasteiger partial charge in [-0.1, -0.05) is 30.7 Å². The molecule has 0 saturated carbocycles. The number of rotatable bonds is 6. The van der Waals surface area contributed by atoms with Gasteiger partial charge in [0.25, 0.3) is 0 Å². The Morgan fingerprint density at radius 1 is 1.08 bits per heavy atom. The number of anilines is 2. The highest BCUT2D eigenvalue weighted by molar-refractivity contribution is 6.30. The second-order valence-electron chi connectivity index (χ2n) is 6.42. The molecule has 0 spiro atoms. The average Bonchev–Trinajstić information content (AvgIpc) is 2.63. The van der Waals surface area contributed by atoms with Crippen molar-refractivity contribution in [2.24, 2.45) is 0 Å². The molecule has 3 rings (SSSR count). The summed E-state index contributed by atoms with van der Waals surface area (Å²) in [5, 5.41) is 4.13. The quantitative estimate of drug-likeness (QED) is 0.857. The Morgan fingerprint density at radius 2 is 1.80 bits per heavy atom. The second kappa shape index (κ2) is 8.50. The molecule has 1 aliphatic heterocycles. The number of halogens is 1. The number of nitrogens with one attached hydrogen (secondary N) is 1. The van der Waals surface area contributed by atoms with E-state index in [4.69, 9.17) is 16.6 Å². The minimum atomic E-state index is 0.710. The fraction of sp³-hybridized carbons (Fsp3) is 0.474. The molecule has 2 aromatic rings. The van der Waals surface area contributed by atoms with Crippen LogP contribution in [0.2, 0.25) is 5.02 Å². The molecular formula is C19H26ClN5. The van der Waals surface area contributed by atoms with E-state index in [1.165, 1.54) is 5.56 Å². The molecule has 1 aromatic heterocycles. The van der Waals surface area contributed by atoms with E-state index in [0.29, 0.717) is 5.95 Å². The van der Waals surface area contributed by atoms with E-state index in [1.54, 1.807) is 0 Å². The third kappa shape index (κ3) is 5.06. The van der Waals surface area contributed by atoms with E-state index in [9.17, 15) is 0 Å². The van der Waals surface area contributed by atoms with Gasteiger partial charge in [0.05, 0.1) is 0 Å². The number of likely N-dealkylation sites (N-methyl/N-ethyl adjacent to an activating group) is 1. The number of aromatic nitrogens is 2. The molecule has 1 fully saturated rings. The van der Waals surface area contributed by atoms with Gasteiger partial charge in [-0.2, -0.15) is 4.98 Å². The fourth-order valence-corrected chi connectivity index (χ4v) is 3.18. The van der Waals surface area contributed by atoms with Crippen molar-refractivity contribution in [2.45, 2.75) is 20.3 Å². The molecule has 5 nitrogen and oxygen atoms in total. The van der Waals surface area contributed by atoms with Crippen molar-refractivity contribution in [3.63, 3.8) is 0 Å². The van der Waals surface area contributed by atoms with Crippen LogP contribution in [-0.2, 0) is 6.42 Å². The monoisotopic (exact) mass is 359 g/mol. The largest absolute Gasteiger partial charge is 0.354 e. The summed E-state index contributed by atoms with van der Waals surface area (Å²) in [6, 6.07) is 10.0. The van der Waals surface area contributed by atoms with Gasteiger partial charge < -0.3 is 15.1 Å². The van der Waals surface area contributed by atoms with Crippen molar-refractivity contribution >= 4 is 23.4 Å². The molecule has 2 heterocycles. The zero-order valence-corrected chi connectivity index (χ0v) is 15.8. The van der Waals surface area contributed by atoms with E-state index in [0.717, 1.165) is 62.2 Å². The van der Waals surface area contributed by atoms with E-state index < -0.39 is 0 Å². The second-order valence-corrected chi connectivity index (χ2v) is 6.85. The Hall–Kier alpha value is -1.85. The molecule has 134 valence electrons. The van der Waals surface area contributed by atoms with Crippen molar-refractivity contribution in [3.8, 4) is 0 Å². The Kier molecular flexibility index (Phi) is 6.10. The normalized spacial score (nSPS) is 15.4. The SMILES string of the molecule is CCN1CCN(c2cc(C)nc(NCCc3ccc(Cl)cc3)n2)CC1. The van der Waals surface area contributed by atoms with Crippen LogP contribution < -0.4 is 10.2 Å². The summed E-state index contributed by atoms with van der Waals surface area (Å²) < 4.78 is 0. The molecule has 6 heteroatoms. The molecule has 1 aromatic carbocycles.